The summed E-state index contributed by atoms with van der Waals surface area (Å²) in [6.45, 7) is -0.175. The lowest BCUT2D eigenvalue weighted by Gasteiger charge is -2.24. The third-order valence-corrected chi connectivity index (χ3v) is 4.58. The second-order valence-corrected chi connectivity index (χ2v) is 6.31. The fraction of sp³-hybridized carbons (Fsp3) is 0.300. The van der Waals surface area contributed by atoms with Gasteiger partial charge in [0.05, 0.1) is 12.6 Å². The molecule has 2 amide bonds. The molecule has 0 aromatic heterocycles. The first kappa shape index (κ1) is 17.2. The predicted molar refractivity (Wildman–Crippen MR) is 96.1 cm³/mol. The summed E-state index contributed by atoms with van der Waals surface area (Å²) in [5.74, 6) is -0.0909. The van der Waals surface area contributed by atoms with Gasteiger partial charge in [-0.2, -0.15) is 0 Å². The van der Waals surface area contributed by atoms with Gasteiger partial charge in [0.2, 0.25) is 5.91 Å². The SMILES string of the molecule is O=C(N[C@@H](CO)c1ccccc1)c1ccc(NC(=O)C2CCC2)cc1. The van der Waals surface area contributed by atoms with Crippen LogP contribution in [0, 0.1) is 5.92 Å². The minimum Gasteiger partial charge on any atom is -0.394 e. The van der Waals surface area contributed by atoms with E-state index in [0.29, 0.717) is 11.3 Å². The Kier molecular flexibility index (Phi) is 5.46. The summed E-state index contributed by atoms with van der Waals surface area (Å²) < 4.78 is 0. The van der Waals surface area contributed by atoms with Gasteiger partial charge in [-0.1, -0.05) is 36.8 Å². The van der Waals surface area contributed by atoms with E-state index in [1.807, 2.05) is 30.3 Å². The summed E-state index contributed by atoms with van der Waals surface area (Å²) in [6.07, 6.45) is 3.02. The van der Waals surface area contributed by atoms with E-state index in [4.69, 9.17) is 0 Å². The molecule has 0 spiro atoms. The highest BCUT2D eigenvalue weighted by molar-refractivity contribution is 5.96. The third-order valence-electron chi connectivity index (χ3n) is 4.58. The Hall–Kier alpha value is -2.66. The monoisotopic (exact) mass is 338 g/mol. The van der Waals surface area contributed by atoms with Crippen LogP contribution in [0.4, 0.5) is 5.69 Å². The lowest BCUT2D eigenvalue weighted by atomic mass is 9.85. The van der Waals surface area contributed by atoms with Crippen LogP contribution in [0.25, 0.3) is 0 Å². The zero-order valence-electron chi connectivity index (χ0n) is 13.9. The molecule has 3 N–H and O–H groups in total. The predicted octanol–water partition coefficient (Wildman–Crippen LogP) is 2.89. The van der Waals surface area contributed by atoms with Gasteiger partial charge in [-0.05, 0) is 42.7 Å². The van der Waals surface area contributed by atoms with E-state index in [1.165, 1.54) is 0 Å². The largest absolute Gasteiger partial charge is 0.394 e. The molecule has 0 unspecified atom stereocenters. The molecule has 5 nitrogen and oxygen atoms in total. The highest BCUT2D eigenvalue weighted by atomic mass is 16.3. The van der Waals surface area contributed by atoms with E-state index in [1.54, 1.807) is 24.3 Å². The molecule has 0 radical (unpaired) electrons. The Morgan fingerprint density at radius 1 is 1.04 bits per heavy atom. The van der Waals surface area contributed by atoms with E-state index in [0.717, 1.165) is 24.8 Å². The first-order valence-electron chi connectivity index (χ1n) is 8.55. The maximum Gasteiger partial charge on any atom is 0.251 e. The minimum atomic E-state index is -0.452. The van der Waals surface area contributed by atoms with Crippen molar-refractivity contribution in [1.29, 1.82) is 0 Å². The number of nitrogens with one attached hydrogen (secondary N) is 2. The Bertz CT molecular complexity index is 724. The minimum absolute atomic E-state index is 0.0490. The summed E-state index contributed by atoms with van der Waals surface area (Å²) in [5.41, 5.74) is 2.02. The van der Waals surface area contributed by atoms with Crippen LogP contribution in [0.3, 0.4) is 0 Å². The summed E-state index contributed by atoms with van der Waals surface area (Å²) in [4.78, 5) is 24.3. The normalized spacial score (nSPS) is 15.1. The van der Waals surface area contributed by atoms with Crippen LogP contribution in [0.2, 0.25) is 0 Å². The molecule has 2 aromatic rings. The smallest absolute Gasteiger partial charge is 0.251 e. The molecule has 1 atom stereocenters. The van der Waals surface area contributed by atoms with Crippen molar-refractivity contribution in [2.45, 2.75) is 25.3 Å². The molecule has 25 heavy (non-hydrogen) atoms. The number of benzene rings is 2. The summed E-state index contributed by atoms with van der Waals surface area (Å²) in [7, 11) is 0. The van der Waals surface area contributed by atoms with Crippen LogP contribution in [0.1, 0.15) is 41.2 Å². The average Bonchev–Trinajstić information content (AvgIpc) is 2.59. The maximum absolute atomic E-state index is 12.4. The van der Waals surface area contributed by atoms with Gasteiger partial charge in [-0.3, -0.25) is 9.59 Å². The molecule has 3 rings (SSSR count). The zero-order chi connectivity index (χ0) is 17.6. The fourth-order valence-electron chi connectivity index (χ4n) is 2.78. The molecular formula is C20H22N2O3. The number of aliphatic hydroxyl groups is 1. The van der Waals surface area contributed by atoms with Gasteiger partial charge >= 0.3 is 0 Å². The molecule has 0 saturated heterocycles. The molecule has 5 heteroatoms. The van der Waals surface area contributed by atoms with Crippen molar-refractivity contribution in [2.75, 3.05) is 11.9 Å². The van der Waals surface area contributed by atoms with Crippen LogP contribution in [0.5, 0.6) is 0 Å². The van der Waals surface area contributed by atoms with Crippen LogP contribution in [-0.4, -0.2) is 23.5 Å². The van der Waals surface area contributed by atoms with Gasteiger partial charge in [0.15, 0.2) is 0 Å². The van der Waals surface area contributed by atoms with Gasteiger partial charge in [0.1, 0.15) is 0 Å². The van der Waals surface area contributed by atoms with E-state index in [2.05, 4.69) is 10.6 Å². The number of hydrogen-bond donors (Lipinski definition) is 3. The van der Waals surface area contributed by atoms with Crippen molar-refractivity contribution in [1.82, 2.24) is 5.32 Å². The van der Waals surface area contributed by atoms with Gasteiger partial charge in [0, 0.05) is 17.2 Å². The van der Waals surface area contributed by atoms with E-state index < -0.39 is 6.04 Å². The van der Waals surface area contributed by atoms with Crippen molar-refractivity contribution < 1.29 is 14.7 Å². The topological polar surface area (TPSA) is 78.4 Å². The summed E-state index contributed by atoms with van der Waals surface area (Å²) in [5, 5.41) is 15.2. The van der Waals surface area contributed by atoms with Crippen molar-refractivity contribution in [3.63, 3.8) is 0 Å². The maximum atomic E-state index is 12.4. The van der Waals surface area contributed by atoms with Crippen LogP contribution >= 0.6 is 0 Å². The number of aliphatic hydroxyl groups excluding tert-OH is 1. The Balaban J connectivity index is 1.61. The van der Waals surface area contributed by atoms with Crippen LogP contribution < -0.4 is 10.6 Å². The van der Waals surface area contributed by atoms with Crippen molar-refractivity contribution >= 4 is 17.5 Å². The molecule has 1 saturated carbocycles. The Labute approximate surface area is 147 Å². The first-order chi connectivity index (χ1) is 12.2. The third kappa shape index (κ3) is 4.25. The number of hydrogen-bond acceptors (Lipinski definition) is 3. The van der Waals surface area contributed by atoms with Crippen LogP contribution in [0.15, 0.2) is 54.6 Å². The lowest BCUT2D eigenvalue weighted by molar-refractivity contribution is -0.122. The molecular weight excluding hydrogens is 316 g/mol. The average molecular weight is 338 g/mol. The highest BCUT2D eigenvalue weighted by Gasteiger charge is 2.25. The fourth-order valence-corrected chi connectivity index (χ4v) is 2.78. The first-order valence-corrected chi connectivity index (χ1v) is 8.55. The van der Waals surface area contributed by atoms with Crippen molar-refractivity contribution in [2.24, 2.45) is 5.92 Å². The highest BCUT2D eigenvalue weighted by Crippen LogP contribution is 2.27. The molecule has 1 aliphatic rings. The summed E-state index contributed by atoms with van der Waals surface area (Å²) >= 11 is 0. The number of amides is 2. The van der Waals surface area contributed by atoms with E-state index in [9.17, 15) is 14.7 Å². The lowest BCUT2D eigenvalue weighted by Crippen LogP contribution is -2.30. The number of carbonyl (C=O) groups excluding carboxylic acids is 2. The standard InChI is InChI=1S/C20H22N2O3/c23-13-18(14-5-2-1-3-6-14)22-20(25)16-9-11-17(12-10-16)21-19(24)15-7-4-8-15/h1-3,5-6,9-12,15,18,23H,4,7-8,13H2,(H,21,24)(H,22,25)/t18-/m0/s1. The molecule has 1 fully saturated rings. The van der Waals surface area contributed by atoms with Gasteiger partial charge < -0.3 is 15.7 Å². The zero-order valence-corrected chi connectivity index (χ0v) is 13.9. The van der Waals surface area contributed by atoms with Gasteiger partial charge in [-0.25, -0.2) is 0 Å². The van der Waals surface area contributed by atoms with Crippen molar-refractivity contribution in [3.8, 4) is 0 Å². The molecule has 0 heterocycles. The Morgan fingerprint density at radius 3 is 2.28 bits per heavy atom. The van der Waals surface area contributed by atoms with Crippen LogP contribution in [-0.2, 0) is 4.79 Å². The Morgan fingerprint density at radius 2 is 1.72 bits per heavy atom. The second kappa shape index (κ2) is 7.94. The molecule has 0 bridgehead atoms. The molecule has 130 valence electrons. The number of anilines is 1. The second-order valence-electron chi connectivity index (χ2n) is 6.31. The number of rotatable bonds is 6. The van der Waals surface area contributed by atoms with Gasteiger partial charge in [-0.15, -0.1) is 0 Å². The number of carbonyl (C=O) groups is 2. The molecule has 0 aliphatic heterocycles. The van der Waals surface area contributed by atoms with Crippen molar-refractivity contribution in [3.05, 3.63) is 65.7 Å². The molecule has 1 aliphatic carbocycles. The summed E-state index contributed by atoms with van der Waals surface area (Å²) in [6, 6.07) is 15.7. The van der Waals surface area contributed by atoms with Gasteiger partial charge in [0.25, 0.3) is 5.91 Å². The molecule has 2 aromatic carbocycles. The van der Waals surface area contributed by atoms with E-state index >= 15 is 0 Å². The quantitative estimate of drug-likeness (QED) is 0.758. The van der Waals surface area contributed by atoms with E-state index in [-0.39, 0.29) is 24.3 Å².